The van der Waals surface area contributed by atoms with Crippen LogP contribution in [-0.4, -0.2) is 4.86 Å². The second-order valence-electron chi connectivity index (χ2n) is 15.2. The first-order valence-electron chi connectivity index (χ1n) is 17.6. The maximum atomic E-state index is 15.3. The van der Waals surface area contributed by atoms with Gasteiger partial charge in [-0.2, -0.15) is 0 Å². The van der Waals surface area contributed by atoms with Gasteiger partial charge in [0.25, 0.3) is 0 Å². The predicted octanol–water partition coefficient (Wildman–Crippen LogP) is 14.0. The Bertz CT molecular complexity index is 1530. The molecular weight excluding hydrogens is 592 g/mol. The number of hydrogen-bond donors (Lipinski definition) is 0. The lowest BCUT2D eigenvalue weighted by Crippen LogP contribution is -2.15. The van der Waals surface area contributed by atoms with E-state index in [9.17, 15) is 0 Å². The number of allylic oxidation sites excluding steroid dienone is 8. The summed E-state index contributed by atoms with van der Waals surface area (Å²) in [6.45, 7) is 34.3. The fourth-order valence-electron chi connectivity index (χ4n) is 6.47. The Balaban J connectivity index is 2.66. The van der Waals surface area contributed by atoms with Crippen molar-refractivity contribution in [1.29, 1.82) is 0 Å². The van der Waals surface area contributed by atoms with Crippen LogP contribution in [0.4, 0.5) is 4.39 Å². The molecule has 0 aromatic heterocycles. The largest absolute Gasteiger partial charge is 0.239 e. The molecule has 0 nitrogen and oxygen atoms in total. The van der Waals surface area contributed by atoms with E-state index in [1.54, 1.807) is 13.8 Å². The Hall–Kier alpha value is -2.84. The summed E-state index contributed by atoms with van der Waals surface area (Å²) in [6, 6.07) is 10.6. The van der Waals surface area contributed by atoms with Gasteiger partial charge in [-0.15, -0.1) is 0 Å². The van der Waals surface area contributed by atoms with Crippen LogP contribution in [0.3, 0.4) is 0 Å². The summed E-state index contributed by atoms with van der Waals surface area (Å²) in [4.78, 5) is 0.882. The molecule has 2 rings (SSSR count). The Labute approximate surface area is 294 Å². The summed E-state index contributed by atoms with van der Waals surface area (Å²) in [5.74, 6) is 0.375. The van der Waals surface area contributed by atoms with Gasteiger partial charge >= 0.3 is 0 Å². The third-order valence-corrected chi connectivity index (χ3v) is 10.0. The van der Waals surface area contributed by atoms with Crippen LogP contribution in [0.5, 0.6) is 0 Å². The van der Waals surface area contributed by atoms with Crippen molar-refractivity contribution in [1.82, 2.24) is 0 Å². The molecule has 2 aromatic rings. The first kappa shape index (κ1) is 40.3. The van der Waals surface area contributed by atoms with Crippen molar-refractivity contribution in [3.05, 3.63) is 123 Å². The SMILES string of the molecule is C=C(Cc1ccc(C(C)(C)F)cc1C(=C)/C=C(\C=C/C)C(C)(C)C)/C(C(C)=S)=C(\C)C(CCCCCC)Cc1ccc(C)c(C)c1C. The van der Waals surface area contributed by atoms with Crippen molar-refractivity contribution < 1.29 is 4.39 Å². The van der Waals surface area contributed by atoms with Gasteiger partial charge in [0, 0.05) is 4.86 Å². The van der Waals surface area contributed by atoms with E-state index in [0.717, 1.165) is 45.6 Å². The highest BCUT2D eigenvalue weighted by molar-refractivity contribution is 7.80. The molecule has 0 spiro atoms. The molecule has 0 saturated carbocycles. The zero-order valence-electron chi connectivity index (χ0n) is 31.8. The molecule has 0 amide bonds. The normalized spacial score (nSPS) is 13.9. The monoisotopic (exact) mass is 654 g/mol. The standard InChI is InChI=1S/C45H63FS/c1-15-17-18-19-21-37(28-38-23-22-30(3)33(6)34(38)7)35(8)43(36(9)47)32(5)26-39-24-25-41(45(13,14)46)29-42(39)31(4)27-40(20-16-2)44(10,11)12/h16,20,22-25,27,29,37H,4-5,15,17-19,21,26,28H2,1-3,6-14H3/b20-16-,40-27+,43-35-. The van der Waals surface area contributed by atoms with Gasteiger partial charge in [0.05, 0.1) is 0 Å². The molecule has 0 fully saturated rings. The highest BCUT2D eigenvalue weighted by Crippen LogP contribution is 2.36. The van der Waals surface area contributed by atoms with Crippen LogP contribution in [0.15, 0.2) is 84.0 Å². The number of halogens is 1. The van der Waals surface area contributed by atoms with Crippen LogP contribution in [0.25, 0.3) is 5.57 Å². The third kappa shape index (κ3) is 11.4. The van der Waals surface area contributed by atoms with E-state index < -0.39 is 5.67 Å². The van der Waals surface area contributed by atoms with Gasteiger partial charge < -0.3 is 0 Å². The molecule has 1 atom stereocenters. The first-order valence-corrected chi connectivity index (χ1v) is 18.1. The van der Waals surface area contributed by atoms with E-state index in [0.29, 0.717) is 17.9 Å². The number of unbranched alkanes of at least 4 members (excludes halogenated alkanes) is 3. The number of aryl methyl sites for hydroxylation is 1. The van der Waals surface area contributed by atoms with Gasteiger partial charge in [-0.3, -0.25) is 0 Å². The summed E-state index contributed by atoms with van der Waals surface area (Å²) >= 11 is 5.97. The number of hydrogen-bond acceptors (Lipinski definition) is 1. The van der Waals surface area contributed by atoms with E-state index in [1.807, 2.05) is 26.0 Å². The van der Waals surface area contributed by atoms with Gasteiger partial charge in [0.1, 0.15) is 5.67 Å². The summed E-state index contributed by atoms with van der Waals surface area (Å²) < 4.78 is 15.3. The highest BCUT2D eigenvalue weighted by atomic mass is 32.1. The van der Waals surface area contributed by atoms with Gasteiger partial charge in [-0.25, -0.2) is 4.39 Å². The van der Waals surface area contributed by atoms with Crippen LogP contribution < -0.4 is 0 Å². The third-order valence-electron chi connectivity index (χ3n) is 9.84. The van der Waals surface area contributed by atoms with Crippen molar-refractivity contribution in [2.45, 2.75) is 134 Å². The lowest BCUT2D eigenvalue weighted by Gasteiger charge is -2.25. The molecule has 0 aliphatic heterocycles. The molecule has 2 aromatic carbocycles. The minimum absolute atomic E-state index is 0.0575. The Morgan fingerprint density at radius 3 is 2.11 bits per heavy atom. The second-order valence-corrected chi connectivity index (χ2v) is 15.8. The second kappa shape index (κ2) is 17.5. The van der Waals surface area contributed by atoms with E-state index >= 15 is 4.39 Å². The van der Waals surface area contributed by atoms with Gasteiger partial charge in [-0.1, -0.05) is 127 Å². The van der Waals surface area contributed by atoms with E-state index in [-0.39, 0.29) is 5.41 Å². The summed E-state index contributed by atoms with van der Waals surface area (Å²) in [6.07, 6.45) is 14.1. The summed E-state index contributed by atoms with van der Waals surface area (Å²) in [7, 11) is 0. The molecule has 0 aliphatic rings. The first-order chi connectivity index (χ1) is 21.8. The van der Waals surface area contributed by atoms with Gasteiger partial charge in [-0.05, 0) is 153 Å². The minimum Gasteiger partial charge on any atom is -0.239 e. The van der Waals surface area contributed by atoms with Crippen molar-refractivity contribution in [3.8, 4) is 0 Å². The minimum atomic E-state index is -1.46. The average Bonchev–Trinajstić information content (AvgIpc) is 2.97. The molecule has 256 valence electrons. The van der Waals surface area contributed by atoms with Crippen LogP contribution in [0.1, 0.15) is 133 Å². The van der Waals surface area contributed by atoms with E-state index in [1.165, 1.54) is 59.1 Å². The van der Waals surface area contributed by atoms with Crippen molar-refractivity contribution in [2.24, 2.45) is 11.3 Å². The van der Waals surface area contributed by atoms with Crippen LogP contribution in [0, 0.1) is 32.1 Å². The zero-order chi connectivity index (χ0) is 35.7. The Morgan fingerprint density at radius 1 is 0.915 bits per heavy atom. The smallest absolute Gasteiger partial charge is 0.130 e. The van der Waals surface area contributed by atoms with Gasteiger partial charge in [0.15, 0.2) is 0 Å². The van der Waals surface area contributed by atoms with E-state index in [2.05, 4.69) is 105 Å². The quantitative estimate of drug-likeness (QED) is 0.0751. The summed E-state index contributed by atoms with van der Waals surface area (Å²) in [5, 5.41) is 0. The van der Waals surface area contributed by atoms with Crippen molar-refractivity contribution in [2.75, 3.05) is 0 Å². The molecule has 1 unspecified atom stereocenters. The molecule has 0 saturated heterocycles. The van der Waals surface area contributed by atoms with Crippen LogP contribution >= 0.6 is 12.2 Å². The lowest BCUT2D eigenvalue weighted by molar-refractivity contribution is 0.221. The van der Waals surface area contributed by atoms with Crippen molar-refractivity contribution in [3.63, 3.8) is 0 Å². The number of alkyl halides is 1. The Kier molecular flexibility index (Phi) is 15.0. The lowest BCUT2D eigenvalue weighted by atomic mass is 9.80. The average molecular weight is 655 g/mol. The number of thiocarbonyl (C=S) groups is 1. The zero-order valence-corrected chi connectivity index (χ0v) is 32.7. The van der Waals surface area contributed by atoms with Crippen molar-refractivity contribution >= 4 is 22.7 Å². The highest BCUT2D eigenvalue weighted by Gasteiger charge is 2.24. The topological polar surface area (TPSA) is 0 Å². The molecular formula is C45H63FS. The molecule has 0 aliphatic carbocycles. The van der Waals surface area contributed by atoms with Crippen LogP contribution in [-0.2, 0) is 18.5 Å². The van der Waals surface area contributed by atoms with Crippen LogP contribution in [0.2, 0.25) is 0 Å². The van der Waals surface area contributed by atoms with E-state index in [4.69, 9.17) is 12.2 Å². The fraction of sp³-hybridized carbons (Fsp3) is 0.489. The Morgan fingerprint density at radius 2 is 1.55 bits per heavy atom. The molecule has 0 heterocycles. The number of rotatable bonds is 16. The molecule has 0 N–H and O–H groups in total. The maximum absolute atomic E-state index is 15.3. The number of benzene rings is 2. The summed E-state index contributed by atoms with van der Waals surface area (Å²) in [5.41, 5.74) is 12.2. The molecule has 2 heteroatoms. The fourth-order valence-corrected chi connectivity index (χ4v) is 6.78. The molecule has 47 heavy (non-hydrogen) atoms. The predicted molar refractivity (Wildman–Crippen MR) is 212 cm³/mol. The molecule has 0 radical (unpaired) electrons. The van der Waals surface area contributed by atoms with Gasteiger partial charge in [0.2, 0.25) is 0 Å². The molecule has 0 bridgehead atoms. The maximum Gasteiger partial charge on any atom is 0.130 e.